The molecule has 0 radical (unpaired) electrons. The molecular weight excluding hydrogens is 274 g/mol. The number of rotatable bonds is 4. The number of urea groups is 1. The van der Waals surface area contributed by atoms with Gasteiger partial charge in [0.25, 0.3) is 0 Å². The third-order valence-electron chi connectivity index (χ3n) is 4.36. The molecule has 0 aromatic heterocycles. The Hall–Kier alpha value is -1.79. The van der Waals surface area contributed by atoms with Crippen LogP contribution < -0.4 is 10.6 Å². The molecule has 21 heavy (non-hydrogen) atoms. The first-order valence-electron chi connectivity index (χ1n) is 7.46. The van der Waals surface area contributed by atoms with Crippen molar-refractivity contribution >= 4 is 17.9 Å². The highest BCUT2D eigenvalue weighted by Crippen LogP contribution is 2.35. The second-order valence-electron chi connectivity index (χ2n) is 6.10. The Morgan fingerprint density at radius 1 is 1.24 bits per heavy atom. The number of nitrogens with one attached hydrogen (secondary N) is 2. The lowest BCUT2D eigenvalue weighted by Crippen LogP contribution is -2.59. The largest absolute Gasteiger partial charge is 0.481 e. The smallest absolute Gasteiger partial charge is 0.317 e. The number of hydrogen-bond donors (Lipinski definition) is 3. The fourth-order valence-corrected chi connectivity index (χ4v) is 3.06. The number of piperidine rings is 1. The van der Waals surface area contributed by atoms with Gasteiger partial charge in [-0.3, -0.25) is 9.59 Å². The number of likely N-dealkylation sites (tertiary alicyclic amines) is 1. The van der Waals surface area contributed by atoms with Gasteiger partial charge in [0.2, 0.25) is 5.91 Å². The fourth-order valence-electron chi connectivity index (χ4n) is 3.06. The van der Waals surface area contributed by atoms with Crippen molar-refractivity contribution in [2.75, 3.05) is 13.1 Å². The van der Waals surface area contributed by atoms with Crippen LogP contribution in [-0.4, -0.2) is 52.6 Å². The molecule has 7 nitrogen and oxygen atoms in total. The minimum absolute atomic E-state index is 0.0128. The number of nitrogens with zero attached hydrogens (tertiary/aromatic N) is 1. The van der Waals surface area contributed by atoms with Gasteiger partial charge < -0.3 is 20.6 Å². The summed E-state index contributed by atoms with van der Waals surface area (Å²) in [6, 6.07) is -0.0551. The third-order valence-corrected chi connectivity index (χ3v) is 4.36. The highest BCUT2D eigenvalue weighted by Gasteiger charge is 2.41. The summed E-state index contributed by atoms with van der Waals surface area (Å²) in [4.78, 5) is 35.9. The van der Waals surface area contributed by atoms with Crippen molar-refractivity contribution in [3.8, 4) is 0 Å². The first kappa shape index (κ1) is 15.6. The number of carbonyl (C=O) groups excluding carboxylic acids is 2. The molecule has 1 aliphatic heterocycles. The number of carboxylic acids is 1. The van der Waals surface area contributed by atoms with Gasteiger partial charge in [0, 0.05) is 26.1 Å². The topological polar surface area (TPSA) is 98.7 Å². The minimum atomic E-state index is -0.876. The molecule has 0 aromatic carbocycles. The van der Waals surface area contributed by atoms with Gasteiger partial charge in [0.1, 0.15) is 0 Å². The van der Waals surface area contributed by atoms with E-state index in [1.165, 1.54) is 6.92 Å². The molecule has 0 bridgehead atoms. The number of aliphatic carboxylic acids is 1. The molecule has 2 aliphatic rings. The molecule has 0 unspecified atom stereocenters. The molecule has 1 saturated heterocycles. The molecular formula is C14H23N3O4. The lowest BCUT2D eigenvalue weighted by Gasteiger charge is -2.43. The second-order valence-corrected chi connectivity index (χ2v) is 6.10. The van der Waals surface area contributed by atoms with Gasteiger partial charge in [0.15, 0.2) is 0 Å². The number of amides is 3. The van der Waals surface area contributed by atoms with Crippen LogP contribution in [0.2, 0.25) is 0 Å². The van der Waals surface area contributed by atoms with Crippen LogP contribution in [0.15, 0.2) is 0 Å². The van der Waals surface area contributed by atoms with Crippen LogP contribution in [0.5, 0.6) is 0 Å². The van der Waals surface area contributed by atoms with Crippen LogP contribution in [0.4, 0.5) is 4.79 Å². The summed E-state index contributed by atoms with van der Waals surface area (Å²) in [7, 11) is 0. The van der Waals surface area contributed by atoms with E-state index in [0.717, 1.165) is 32.1 Å². The fraction of sp³-hybridized carbons (Fsp3) is 0.786. The molecule has 0 spiro atoms. The molecule has 118 valence electrons. The van der Waals surface area contributed by atoms with Crippen LogP contribution in [0.1, 0.15) is 45.4 Å². The summed E-state index contributed by atoms with van der Waals surface area (Å²) in [5.74, 6) is -0.924. The summed E-state index contributed by atoms with van der Waals surface area (Å²) >= 11 is 0. The van der Waals surface area contributed by atoms with E-state index in [1.54, 1.807) is 4.90 Å². The van der Waals surface area contributed by atoms with Gasteiger partial charge in [-0.05, 0) is 32.1 Å². The maximum atomic E-state index is 12.3. The van der Waals surface area contributed by atoms with Crippen molar-refractivity contribution in [3.05, 3.63) is 0 Å². The predicted molar refractivity (Wildman–Crippen MR) is 75.8 cm³/mol. The van der Waals surface area contributed by atoms with Crippen molar-refractivity contribution in [2.45, 2.75) is 57.0 Å². The molecule has 3 N–H and O–H groups in total. The Labute approximate surface area is 124 Å². The first-order valence-corrected chi connectivity index (χ1v) is 7.46. The molecule has 1 aliphatic carbocycles. The zero-order chi connectivity index (χ0) is 15.5. The summed E-state index contributed by atoms with van der Waals surface area (Å²) in [5, 5.41) is 14.7. The second kappa shape index (κ2) is 6.32. The van der Waals surface area contributed by atoms with Crippen molar-refractivity contribution in [3.63, 3.8) is 0 Å². The quantitative estimate of drug-likeness (QED) is 0.711. The molecule has 0 atom stereocenters. The molecule has 3 amide bonds. The van der Waals surface area contributed by atoms with E-state index >= 15 is 0 Å². The van der Waals surface area contributed by atoms with Crippen LogP contribution in [0.3, 0.4) is 0 Å². The van der Waals surface area contributed by atoms with Gasteiger partial charge in [-0.25, -0.2) is 4.79 Å². The lowest BCUT2D eigenvalue weighted by molar-refractivity contribution is -0.139. The standard InChI is InChI=1S/C14H23N3O4/c1-10(18)15-11-3-7-17(8-4-11)13(21)16-14(5-2-6-14)9-12(19)20/h11H,2-9H2,1H3,(H,15,18)(H,16,21)(H,19,20). The SMILES string of the molecule is CC(=O)NC1CCN(C(=O)NC2(CC(=O)O)CCC2)CC1. The van der Waals surface area contributed by atoms with Crippen molar-refractivity contribution < 1.29 is 19.5 Å². The zero-order valence-electron chi connectivity index (χ0n) is 12.4. The number of carbonyl (C=O) groups is 3. The maximum absolute atomic E-state index is 12.3. The zero-order valence-corrected chi connectivity index (χ0v) is 12.4. The van der Waals surface area contributed by atoms with Crippen LogP contribution >= 0.6 is 0 Å². The van der Waals surface area contributed by atoms with E-state index in [1.807, 2.05) is 0 Å². The van der Waals surface area contributed by atoms with Gasteiger partial charge in [-0.1, -0.05) is 0 Å². The Morgan fingerprint density at radius 3 is 2.29 bits per heavy atom. The van der Waals surface area contributed by atoms with Crippen LogP contribution in [-0.2, 0) is 9.59 Å². The van der Waals surface area contributed by atoms with E-state index in [2.05, 4.69) is 10.6 Å². The average Bonchev–Trinajstić information content (AvgIpc) is 2.35. The van der Waals surface area contributed by atoms with E-state index in [-0.39, 0.29) is 24.4 Å². The maximum Gasteiger partial charge on any atom is 0.317 e. The number of hydrogen-bond acceptors (Lipinski definition) is 3. The molecule has 2 rings (SSSR count). The Morgan fingerprint density at radius 2 is 1.86 bits per heavy atom. The molecule has 0 aromatic rings. The van der Waals surface area contributed by atoms with Gasteiger partial charge in [0.05, 0.1) is 12.0 Å². The summed E-state index contributed by atoms with van der Waals surface area (Å²) < 4.78 is 0. The summed E-state index contributed by atoms with van der Waals surface area (Å²) in [6.45, 7) is 2.66. The minimum Gasteiger partial charge on any atom is -0.481 e. The van der Waals surface area contributed by atoms with Crippen LogP contribution in [0, 0.1) is 0 Å². The van der Waals surface area contributed by atoms with Crippen molar-refractivity contribution in [1.82, 2.24) is 15.5 Å². The highest BCUT2D eigenvalue weighted by atomic mass is 16.4. The highest BCUT2D eigenvalue weighted by molar-refractivity contribution is 5.77. The number of carboxylic acid groups (broad SMARTS) is 1. The summed E-state index contributed by atoms with van der Waals surface area (Å²) in [5.41, 5.74) is -0.558. The Balaban J connectivity index is 1.82. The van der Waals surface area contributed by atoms with E-state index in [9.17, 15) is 14.4 Å². The Bertz CT molecular complexity index is 426. The summed E-state index contributed by atoms with van der Waals surface area (Å²) in [6.07, 6.45) is 3.87. The van der Waals surface area contributed by atoms with E-state index in [0.29, 0.717) is 13.1 Å². The Kier molecular flexibility index (Phi) is 4.69. The van der Waals surface area contributed by atoms with Crippen molar-refractivity contribution in [2.24, 2.45) is 0 Å². The molecule has 7 heteroatoms. The average molecular weight is 297 g/mol. The van der Waals surface area contributed by atoms with Crippen molar-refractivity contribution in [1.29, 1.82) is 0 Å². The molecule has 1 heterocycles. The monoisotopic (exact) mass is 297 g/mol. The van der Waals surface area contributed by atoms with Gasteiger partial charge in [-0.15, -0.1) is 0 Å². The molecule has 2 fully saturated rings. The van der Waals surface area contributed by atoms with Crippen LogP contribution in [0.25, 0.3) is 0 Å². The predicted octanol–water partition coefficient (Wildman–Crippen LogP) is 0.694. The third kappa shape index (κ3) is 4.09. The first-order chi connectivity index (χ1) is 9.90. The molecule has 1 saturated carbocycles. The normalized spacial score (nSPS) is 21.3. The van der Waals surface area contributed by atoms with Gasteiger partial charge >= 0.3 is 12.0 Å². The lowest BCUT2D eigenvalue weighted by atomic mass is 9.74. The van der Waals surface area contributed by atoms with E-state index in [4.69, 9.17) is 5.11 Å². The van der Waals surface area contributed by atoms with Gasteiger partial charge in [-0.2, -0.15) is 0 Å². The van der Waals surface area contributed by atoms with E-state index < -0.39 is 11.5 Å².